The fraction of sp³-hybridized carbons (Fsp3) is 0.650. The average Bonchev–Trinajstić information content (AvgIpc) is 2.63. The van der Waals surface area contributed by atoms with Crippen molar-refractivity contribution in [2.45, 2.75) is 51.7 Å². The molecule has 1 aromatic carbocycles. The zero-order chi connectivity index (χ0) is 16.1. The first-order valence-corrected chi connectivity index (χ1v) is 9.03. The first-order chi connectivity index (χ1) is 11.3. The molecule has 3 nitrogen and oxygen atoms in total. The Balaban J connectivity index is 1.48. The second kappa shape index (κ2) is 7.95. The normalized spacial score (nSPS) is 31.5. The third kappa shape index (κ3) is 4.13. The van der Waals surface area contributed by atoms with Crippen LogP contribution in [0.25, 0.3) is 0 Å². The van der Waals surface area contributed by atoms with Gasteiger partial charge in [-0.15, -0.1) is 0 Å². The van der Waals surface area contributed by atoms with Gasteiger partial charge in [0.05, 0.1) is 24.8 Å². The van der Waals surface area contributed by atoms with E-state index in [9.17, 15) is 0 Å². The van der Waals surface area contributed by atoms with Crippen molar-refractivity contribution in [1.82, 2.24) is 0 Å². The molecule has 0 N–H and O–H groups in total. The van der Waals surface area contributed by atoms with Gasteiger partial charge in [-0.3, -0.25) is 0 Å². The third-order valence-corrected chi connectivity index (χ3v) is 5.49. The van der Waals surface area contributed by atoms with E-state index in [4.69, 9.17) is 14.7 Å². The molecule has 2 fully saturated rings. The van der Waals surface area contributed by atoms with Gasteiger partial charge in [0.2, 0.25) is 0 Å². The van der Waals surface area contributed by atoms with Crippen molar-refractivity contribution in [1.29, 1.82) is 5.26 Å². The van der Waals surface area contributed by atoms with Crippen LogP contribution >= 0.6 is 0 Å². The van der Waals surface area contributed by atoms with Crippen molar-refractivity contribution >= 4 is 0 Å². The number of hydrogen-bond acceptors (Lipinski definition) is 3. The minimum Gasteiger partial charge on any atom is -0.348 e. The molecule has 0 spiro atoms. The first-order valence-electron chi connectivity index (χ1n) is 9.03. The van der Waals surface area contributed by atoms with Crippen molar-refractivity contribution in [2.24, 2.45) is 17.8 Å². The van der Waals surface area contributed by atoms with E-state index >= 15 is 0 Å². The maximum Gasteiger partial charge on any atom is 0.183 e. The van der Waals surface area contributed by atoms with Crippen molar-refractivity contribution in [3.63, 3.8) is 0 Å². The highest BCUT2D eigenvalue weighted by atomic mass is 16.7. The lowest BCUT2D eigenvalue weighted by Crippen LogP contribution is -2.34. The van der Waals surface area contributed by atoms with E-state index in [2.05, 4.69) is 13.0 Å². The van der Waals surface area contributed by atoms with Crippen LogP contribution in [0.3, 0.4) is 0 Å². The Morgan fingerprint density at radius 1 is 1.00 bits per heavy atom. The first kappa shape index (κ1) is 16.5. The SMILES string of the molecule is CCC[C@H]1CC[C@H]([C@H]2CO[C@H](c3ccc(C#N)cc3)OC2)CC1. The maximum atomic E-state index is 8.86. The van der Waals surface area contributed by atoms with Gasteiger partial charge in [0.25, 0.3) is 0 Å². The van der Waals surface area contributed by atoms with Gasteiger partial charge in [-0.05, 0) is 36.8 Å². The van der Waals surface area contributed by atoms with Crippen LogP contribution in [-0.2, 0) is 9.47 Å². The lowest BCUT2D eigenvalue weighted by atomic mass is 9.75. The summed E-state index contributed by atoms with van der Waals surface area (Å²) in [5, 5.41) is 8.86. The number of benzene rings is 1. The number of ether oxygens (including phenoxy) is 2. The predicted molar refractivity (Wildman–Crippen MR) is 89.6 cm³/mol. The molecule has 1 aromatic rings. The fourth-order valence-electron chi connectivity index (χ4n) is 4.05. The number of rotatable bonds is 4. The van der Waals surface area contributed by atoms with Crippen LogP contribution in [0.4, 0.5) is 0 Å². The molecular weight excluding hydrogens is 286 g/mol. The molecule has 3 rings (SSSR count). The molecule has 1 aliphatic carbocycles. The predicted octanol–water partition coefficient (Wildman–Crippen LogP) is 4.83. The van der Waals surface area contributed by atoms with Crippen LogP contribution in [-0.4, -0.2) is 13.2 Å². The number of hydrogen-bond donors (Lipinski definition) is 0. The van der Waals surface area contributed by atoms with Crippen molar-refractivity contribution in [2.75, 3.05) is 13.2 Å². The van der Waals surface area contributed by atoms with Crippen LogP contribution < -0.4 is 0 Å². The Morgan fingerprint density at radius 3 is 2.22 bits per heavy atom. The highest BCUT2D eigenvalue weighted by Crippen LogP contribution is 2.38. The number of nitrogens with zero attached hydrogens (tertiary/aromatic N) is 1. The molecule has 0 aromatic heterocycles. The van der Waals surface area contributed by atoms with Crippen molar-refractivity contribution in [3.05, 3.63) is 35.4 Å². The second-order valence-electron chi connectivity index (χ2n) is 7.06. The van der Waals surface area contributed by atoms with E-state index in [-0.39, 0.29) is 6.29 Å². The molecule has 0 atom stereocenters. The maximum absolute atomic E-state index is 8.86. The van der Waals surface area contributed by atoms with E-state index in [0.29, 0.717) is 11.5 Å². The highest BCUT2D eigenvalue weighted by molar-refractivity contribution is 5.32. The van der Waals surface area contributed by atoms with Gasteiger partial charge in [-0.1, -0.05) is 44.7 Å². The van der Waals surface area contributed by atoms with Gasteiger partial charge in [0.15, 0.2) is 6.29 Å². The molecule has 0 bridgehead atoms. The van der Waals surface area contributed by atoms with E-state index in [1.165, 1.54) is 38.5 Å². The van der Waals surface area contributed by atoms with Gasteiger partial charge in [0.1, 0.15) is 0 Å². The molecule has 124 valence electrons. The standard InChI is InChI=1S/C20H27NO2/c1-2-3-15-4-8-17(9-5-15)19-13-22-20(23-14-19)18-10-6-16(12-21)7-11-18/h6-7,10-11,15,17,19-20H,2-5,8-9,13-14H2,1H3/t15-,17-,19-,20-. The van der Waals surface area contributed by atoms with Gasteiger partial charge in [0, 0.05) is 11.5 Å². The molecule has 1 saturated heterocycles. The Morgan fingerprint density at radius 2 is 1.65 bits per heavy atom. The Kier molecular flexibility index (Phi) is 5.70. The molecule has 3 heteroatoms. The fourth-order valence-corrected chi connectivity index (χ4v) is 4.05. The summed E-state index contributed by atoms with van der Waals surface area (Å²) in [5.74, 6) is 2.27. The zero-order valence-corrected chi connectivity index (χ0v) is 14.0. The van der Waals surface area contributed by atoms with Gasteiger partial charge < -0.3 is 9.47 Å². The molecule has 0 unspecified atom stereocenters. The van der Waals surface area contributed by atoms with Gasteiger partial charge in [-0.25, -0.2) is 0 Å². The van der Waals surface area contributed by atoms with Crippen LogP contribution in [0.2, 0.25) is 0 Å². The lowest BCUT2D eigenvalue weighted by Gasteiger charge is -2.37. The molecule has 0 amide bonds. The molecular formula is C20H27NO2. The summed E-state index contributed by atoms with van der Waals surface area (Å²) in [4.78, 5) is 0. The summed E-state index contributed by atoms with van der Waals surface area (Å²) in [7, 11) is 0. The smallest absolute Gasteiger partial charge is 0.183 e. The Labute approximate surface area is 139 Å². The van der Waals surface area contributed by atoms with Crippen LogP contribution in [0.1, 0.15) is 62.9 Å². The highest BCUT2D eigenvalue weighted by Gasteiger charge is 2.32. The summed E-state index contributed by atoms with van der Waals surface area (Å²) >= 11 is 0. The van der Waals surface area contributed by atoms with Crippen molar-refractivity contribution in [3.8, 4) is 6.07 Å². The number of nitriles is 1. The van der Waals surface area contributed by atoms with Crippen LogP contribution in [0.15, 0.2) is 24.3 Å². The minimum atomic E-state index is -0.268. The quantitative estimate of drug-likeness (QED) is 0.800. The van der Waals surface area contributed by atoms with E-state index in [1.54, 1.807) is 0 Å². The van der Waals surface area contributed by atoms with Crippen LogP contribution in [0.5, 0.6) is 0 Å². The van der Waals surface area contributed by atoms with Crippen LogP contribution in [0, 0.1) is 29.1 Å². The molecule has 0 radical (unpaired) electrons. The largest absolute Gasteiger partial charge is 0.348 e. The summed E-state index contributed by atoms with van der Waals surface area (Å²) in [5.41, 5.74) is 1.68. The second-order valence-corrected chi connectivity index (χ2v) is 7.06. The van der Waals surface area contributed by atoms with E-state index in [1.807, 2.05) is 24.3 Å². The topological polar surface area (TPSA) is 42.2 Å². The van der Waals surface area contributed by atoms with E-state index in [0.717, 1.165) is 30.6 Å². The zero-order valence-electron chi connectivity index (χ0n) is 14.0. The average molecular weight is 313 g/mol. The molecule has 23 heavy (non-hydrogen) atoms. The molecule has 1 aliphatic heterocycles. The van der Waals surface area contributed by atoms with Gasteiger partial charge >= 0.3 is 0 Å². The summed E-state index contributed by atoms with van der Waals surface area (Å²) in [6, 6.07) is 9.64. The Bertz CT molecular complexity index is 518. The molecule has 1 heterocycles. The molecule has 1 saturated carbocycles. The summed E-state index contributed by atoms with van der Waals surface area (Å²) in [6.07, 6.45) is 7.88. The summed E-state index contributed by atoms with van der Waals surface area (Å²) in [6.45, 7) is 3.89. The lowest BCUT2D eigenvalue weighted by molar-refractivity contribution is -0.214. The monoisotopic (exact) mass is 313 g/mol. The van der Waals surface area contributed by atoms with E-state index < -0.39 is 0 Å². The van der Waals surface area contributed by atoms with Crippen molar-refractivity contribution < 1.29 is 9.47 Å². The van der Waals surface area contributed by atoms with Gasteiger partial charge in [-0.2, -0.15) is 5.26 Å². The molecule has 2 aliphatic rings. The Hall–Kier alpha value is -1.37. The summed E-state index contributed by atoms with van der Waals surface area (Å²) < 4.78 is 11.9. The third-order valence-electron chi connectivity index (χ3n) is 5.49. The minimum absolute atomic E-state index is 0.268.